The summed E-state index contributed by atoms with van der Waals surface area (Å²) in [6, 6.07) is 14.9. The summed E-state index contributed by atoms with van der Waals surface area (Å²) in [5, 5.41) is 2.92. The van der Waals surface area contributed by atoms with E-state index in [-0.39, 0.29) is 12.5 Å². The summed E-state index contributed by atoms with van der Waals surface area (Å²) < 4.78 is 20.4. The lowest BCUT2D eigenvalue weighted by atomic mass is 10.1. The lowest BCUT2D eigenvalue weighted by molar-refractivity contribution is -0.123. The quantitative estimate of drug-likeness (QED) is 0.751. The molecule has 1 heterocycles. The molecule has 3 rings (SSSR count). The van der Waals surface area contributed by atoms with Crippen LogP contribution in [0.15, 0.2) is 67.0 Å². The molecule has 2 aromatic carbocycles. The van der Waals surface area contributed by atoms with Gasteiger partial charge in [0.05, 0.1) is 0 Å². The number of carbonyl (C=O) groups excluding carboxylic acids is 1. The highest BCUT2D eigenvalue weighted by atomic mass is 19.1. The van der Waals surface area contributed by atoms with Gasteiger partial charge in [-0.2, -0.15) is 0 Å². The van der Waals surface area contributed by atoms with Gasteiger partial charge < -0.3 is 14.6 Å². The number of imidazole rings is 1. The predicted molar refractivity (Wildman–Crippen MR) is 91.5 cm³/mol. The van der Waals surface area contributed by atoms with Crippen molar-refractivity contribution in [2.45, 2.75) is 6.04 Å². The smallest absolute Gasteiger partial charge is 0.258 e. The minimum atomic E-state index is -0.409. The summed E-state index contributed by atoms with van der Waals surface area (Å²) in [6.07, 6.45) is 3.50. The predicted octanol–water partition coefficient (Wildman–Crippen LogP) is 2.84. The fourth-order valence-electron chi connectivity index (χ4n) is 2.51. The highest BCUT2D eigenvalue weighted by Crippen LogP contribution is 2.20. The largest absolute Gasteiger partial charge is 0.484 e. The van der Waals surface area contributed by atoms with Crippen LogP contribution in [-0.2, 0) is 11.8 Å². The van der Waals surface area contributed by atoms with E-state index in [0.717, 1.165) is 5.56 Å². The second-order valence-corrected chi connectivity index (χ2v) is 5.55. The van der Waals surface area contributed by atoms with Gasteiger partial charge in [0, 0.05) is 25.5 Å². The molecular weight excluding hydrogens is 321 g/mol. The molecule has 1 aromatic heterocycles. The van der Waals surface area contributed by atoms with Gasteiger partial charge >= 0.3 is 0 Å². The molecule has 0 radical (unpaired) electrons. The van der Waals surface area contributed by atoms with Gasteiger partial charge in [0.15, 0.2) is 6.61 Å². The molecule has 1 amide bonds. The average Bonchev–Trinajstić information content (AvgIpc) is 3.04. The van der Waals surface area contributed by atoms with Crippen LogP contribution >= 0.6 is 0 Å². The standard InChI is InChI=1S/C19H18FN3O2/c1-23-11-10-21-19(23)18(14-6-3-2-4-7-14)22-17(24)13-25-16-9-5-8-15(20)12-16/h2-12,18H,13H2,1H3,(H,22,24)/t18-/m0/s1. The van der Waals surface area contributed by atoms with Crippen LogP contribution in [0, 0.1) is 5.82 Å². The van der Waals surface area contributed by atoms with Crippen LogP contribution < -0.4 is 10.1 Å². The van der Waals surface area contributed by atoms with Crippen molar-refractivity contribution in [3.63, 3.8) is 0 Å². The van der Waals surface area contributed by atoms with Crippen LogP contribution in [0.25, 0.3) is 0 Å². The third kappa shape index (κ3) is 4.23. The Bertz CT molecular complexity index is 849. The van der Waals surface area contributed by atoms with Crippen LogP contribution in [0.5, 0.6) is 5.75 Å². The number of nitrogens with one attached hydrogen (secondary N) is 1. The van der Waals surface area contributed by atoms with E-state index in [1.807, 2.05) is 48.1 Å². The molecule has 5 nitrogen and oxygen atoms in total. The molecule has 0 saturated carbocycles. The zero-order chi connectivity index (χ0) is 17.6. The number of halogens is 1. The first-order chi connectivity index (χ1) is 12.1. The topological polar surface area (TPSA) is 56.2 Å². The number of aryl methyl sites for hydroxylation is 1. The summed E-state index contributed by atoms with van der Waals surface area (Å²) in [5.74, 6) is 0.294. The first-order valence-electron chi connectivity index (χ1n) is 7.83. The molecule has 128 valence electrons. The number of hydrogen-bond donors (Lipinski definition) is 1. The normalized spacial score (nSPS) is 11.8. The van der Waals surface area contributed by atoms with Crippen molar-refractivity contribution in [2.24, 2.45) is 7.05 Å². The van der Waals surface area contributed by atoms with Crippen molar-refractivity contribution in [3.05, 3.63) is 84.2 Å². The first kappa shape index (κ1) is 16.7. The molecule has 0 unspecified atom stereocenters. The van der Waals surface area contributed by atoms with Crippen molar-refractivity contribution >= 4 is 5.91 Å². The Balaban J connectivity index is 1.72. The molecule has 0 aliphatic rings. The third-order valence-electron chi connectivity index (χ3n) is 3.72. The molecule has 0 aliphatic heterocycles. The third-order valence-corrected chi connectivity index (χ3v) is 3.72. The van der Waals surface area contributed by atoms with Crippen LogP contribution in [-0.4, -0.2) is 22.1 Å². The van der Waals surface area contributed by atoms with Crippen LogP contribution in [0.4, 0.5) is 4.39 Å². The zero-order valence-corrected chi connectivity index (χ0v) is 13.7. The summed E-state index contributed by atoms with van der Waals surface area (Å²) >= 11 is 0. The minimum Gasteiger partial charge on any atom is -0.484 e. The minimum absolute atomic E-state index is 0.211. The molecule has 1 atom stereocenters. The van der Waals surface area contributed by atoms with Gasteiger partial charge in [0.2, 0.25) is 0 Å². The maximum atomic E-state index is 13.2. The monoisotopic (exact) mass is 339 g/mol. The molecule has 0 bridgehead atoms. The Morgan fingerprint density at radius 2 is 2.04 bits per heavy atom. The van der Waals surface area contributed by atoms with E-state index in [0.29, 0.717) is 11.6 Å². The maximum Gasteiger partial charge on any atom is 0.258 e. The molecule has 0 spiro atoms. The van der Waals surface area contributed by atoms with E-state index < -0.39 is 11.9 Å². The van der Waals surface area contributed by atoms with Crippen LogP contribution in [0.3, 0.4) is 0 Å². The van der Waals surface area contributed by atoms with Gasteiger partial charge in [0.1, 0.15) is 23.4 Å². The number of hydrogen-bond acceptors (Lipinski definition) is 3. The lowest BCUT2D eigenvalue weighted by Gasteiger charge is -2.19. The van der Waals surface area contributed by atoms with Crippen molar-refractivity contribution in [2.75, 3.05) is 6.61 Å². The number of benzene rings is 2. The van der Waals surface area contributed by atoms with Gasteiger partial charge in [-0.3, -0.25) is 4.79 Å². The Hall–Kier alpha value is -3.15. The zero-order valence-electron chi connectivity index (χ0n) is 13.7. The molecule has 0 saturated heterocycles. The van der Waals surface area contributed by atoms with E-state index in [9.17, 15) is 9.18 Å². The Labute approximate surface area is 145 Å². The number of ether oxygens (including phenoxy) is 1. The summed E-state index contributed by atoms with van der Waals surface area (Å²) in [4.78, 5) is 16.7. The highest BCUT2D eigenvalue weighted by Gasteiger charge is 2.20. The molecule has 0 aliphatic carbocycles. The van der Waals surface area contributed by atoms with E-state index >= 15 is 0 Å². The fourth-order valence-corrected chi connectivity index (χ4v) is 2.51. The molecule has 6 heteroatoms. The van der Waals surface area contributed by atoms with Gasteiger partial charge in [-0.05, 0) is 17.7 Å². The Morgan fingerprint density at radius 3 is 2.72 bits per heavy atom. The van der Waals surface area contributed by atoms with Crippen LogP contribution in [0.1, 0.15) is 17.4 Å². The van der Waals surface area contributed by atoms with Crippen LogP contribution in [0.2, 0.25) is 0 Å². The van der Waals surface area contributed by atoms with Crippen molar-refractivity contribution in [1.29, 1.82) is 0 Å². The van der Waals surface area contributed by atoms with E-state index in [4.69, 9.17) is 4.74 Å². The lowest BCUT2D eigenvalue weighted by Crippen LogP contribution is -2.34. The molecule has 1 N–H and O–H groups in total. The first-order valence-corrected chi connectivity index (χ1v) is 7.83. The maximum absolute atomic E-state index is 13.2. The van der Waals surface area contributed by atoms with Crippen molar-refractivity contribution < 1.29 is 13.9 Å². The second-order valence-electron chi connectivity index (χ2n) is 5.55. The van der Waals surface area contributed by atoms with Crippen molar-refractivity contribution in [3.8, 4) is 5.75 Å². The van der Waals surface area contributed by atoms with Gasteiger partial charge in [-0.15, -0.1) is 0 Å². The highest BCUT2D eigenvalue weighted by molar-refractivity contribution is 5.78. The number of amides is 1. The van der Waals surface area contributed by atoms with Gasteiger partial charge in [-0.1, -0.05) is 36.4 Å². The van der Waals surface area contributed by atoms with E-state index in [2.05, 4.69) is 10.3 Å². The fraction of sp³-hybridized carbons (Fsp3) is 0.158. The molecular formula is C19H18FN3O2. The van der Waals surface area contributed by atoms with E-state index in [1.165, 1.54) is 18.2 Å². The number of rotatable bonds is 6. The number of aromatic nitrogens is 2. The number of nitrogens with zero attached hydrogens (tertiary/aromatic N) is 2. The second kappa shape index (κ2) is 7.61. The number of carbonyl (C=O) groups is 1. The van der Waals surface area contributed by atoms with E-state index in [1.54, 1.807) is 12.3 Å². The Kier molecular flexibility index (Phi) is 5.09. The van der Waals surface area contributed by atoms with Crippen molar-refractivity contribution in [1.82, 2.24) is 14.9 Å². The van der Waals surface area contributed by atoms with Gasteiger partial charge in [0.25, 0.3) is 5.91 Å². The molecule has 25 heavy (non-hydrogen) atoms. The SMILES string of the molecule is Cn1ccnc1[C@@H](NC(=O)COc1cccc(F)c1)c1ccccc1. The molecule has 3 aromatic rings. The summed E-state index contributed by atoms with van der Waals surface area (Å²) in [5.41, 5.74) is 0.913. The Morgan fingerprint density at radius 1 is 1.24 bits per heavy atom. The summed E-state index contributed by atoms with van der Waals surface area (Å²) in [7, 11) is 1.87. The molecule has 0 fully saturated rings. The average molecular weight is 339 g/mol. The van der Waals surface area contributed by atoms with Gasteiger partial charge in [-0.25, -0.2) is 9.37 Å². The summed E-state index contributed by atoms with van der Waals surface area (Å²) in [6.45, 7) is -0.211.